The zero-order valence-corrected chi connectivity index (χ0v) is 24.5. The molecule has 7 nitrogen and oxygen atoms in total. The minimum atomic E-state index is -0.955. The Morgan fingerprint density at radius 1 is 1.08 bits per heavy atom. The van der Waals surface area contributed by atoms with Crippen LogP contribution in [-0.2, 0) is 35.9 Å². The van der Waals surface area contributed by atoms with Gasteiger partial charge in [-0.25, -0.2) is 0 Å². The minimum Gasteiger partial charge on any atom is -0.469 e. The molecular formula is C32H43NO6. The number of aromatic nitrogens is 1. The summed E-state index contributed by atoms with van der Waals surface area (Å²) in [6, 6.07) is 0. The van der Waals surface area contributed by atoms with Crippen molar-refractivity contribution in [2.24, 2.45) is 44.8 Å². The number of ketones is 1. The maximum absolute atomic E-state index is 14.5. The van der Waals surface area contributed by atoms with Crippen LogP contribution in [0.15, 0.2) is 22.4 Å². The monoisotopic (exact) mass is 537 g/mol. The van der Waals surface area contributed by atoms with Gasteiger partial charge in [-0.1, -0.05) is 45.3 Å². The molecule has 0 N–H and O–H groups in total. The van der Waals surface area contributed by atoms with Gasteiger partial charge in [-0.3, -0.25) is 14.4 Å². The van der Waals surface area contributed by atoms with Crippen molar-refractivity contribution in [1.29, 1.82) is 0 Å². The highest BCUT2D eigenvalue weighted by Crippen LogP contribution is 2.75. The number of carbonyl (C=O) groups is 3. The van der Waals surface area contributed by atoms with Gasteiger partial charge in [0.05, 0.1) is 18.7 Å². The molecule has 0 radical (unpaired) electrons. The van der Waals surface area contributed by atoms with Crippen molar-refractivity contribution >= 4 is 18.2 Å². The standard InChI is InChI=1S/C32H43NO6/c1-27(2)10-12-32(26(36)37-7)13-11-30(5)24(20(32)16-27)21(35)14-23-28(3)15-19-17-33-39-25(19)31(6,38-18-34)22(28)8-9-29(23,30)4/h14,17-18,20,22,24H,8-13,15-16H2,1-7H3/t20-,22?,24-,28-,29+,30+,31+,32-/m0/s1. The van der Waals surface area contributed by atoms with Crippen LogP contribution in [0.4, 0.5) is 0 Å². The fourth-order valence-corrected chi connectivity index (χ4v) is 10.7. The third-order valence-electron chi connectivity index (χ3n) is 12.9. The predicted molar refractivity (Wildman–Crippen MR) is 143 cm³/mol. The Morgan fingerprint density at radius 2 is 1.79 bits per heavy atom. The van der Waals surface area contributed by atoms with E-state index in [1.54, 1.807) is 6.20 Å². The zero-order valence-electron chi connectivity index (χ0n) is 24.5. The Hall–Kier alpha value is -2.44. The number of hydrogen-bond acceptors (Lipinski definition) is 7. The van der Waals surface area contributed by atoms with Gasteiger partial charge in [0, 0.05) is 22.8 Å². The van der Waals surface area contributed by atoms with E-state index in [2.05, 4.69) is 39.8 Å². The van der Waals surface area contributed by atoms with Crippen LogP contribution in [0, 0.1) is 44.8 Å². The lowest BCUT2D eigenvalue weighted by atomic mass is 9.34. The number of methoxy groups -OCH3 is 1. The molecule has 1 heterocycles. The quantitative estimate of drug-likeness (QED) is 0.347. The molecule has 212 valence electrons. The lowest BCUT2D eigenvalue weighted by Gasteiger charge is -2.69. The molecule has 6 rings (SSSR count). The van der Waals surface area contributed by atoms with Crippen molar-refractivity contribution in [3.05, 3.63) is 29.2 Å². The third-order valence-corrected chi connectivity index (χ3v) is 12.9. The lowest BCUT2D eigenvalue weighted by molar-refractivity contribution is -0.198. The summed E-state index contributed by atoms with van der Waals surface area (Å²) in [5, 5.41) is 4.08. The van der Waals surface area contributed by atoms with Crippen molar-refractivity contribution in [2.75, 3.05) is 7.11 Å². The first-order chi connectivity index (χ1) is 18.2. The van der Waals surface area contributed by atoms with Crippen molar-refractivity contribution in [3.63, 3.8) is 0 Å². The Balaban J connectivity index is 1.51. The van der Waals surface area contributed by atoms with E-state index < -0.39 is 16.4 Å². The Morgan fingerprint density at radius 3 is 2.49 bits per heavy atom. The van der Waals surface area contributed by atoms with E-state index in [4.69, 9.17) is 14.0 Å². The molecule has 3 fully saturated rings. The van der Waals surface area contributed by atoms with Crippen molar-refractivity contribution in [3.8, 4) is 0 Å². The molecule has 0 aromatic carbocycles. The second-order valence-electron chi connectivity index (χ2n) is 15.0. The van der Waals surface area contributed by atoms with Crippen LogP contribution < -0.4 is 0 Å². The Labute approximate surface area is 231 Å². The summed E-state index contributed by atoms with van der Waals surface area (Å²) in [5.74, 6) is 0.317. The molecule has 0 bridgehead atoms. The van der Waals surface area contributed by atoms with E-state index in [1.165, 1.54) is 12.7 Å². The molecular weight excluding hydrogens is 494 g/mol. The van der Waals surface area contributed by atoms with E-state index in [0.29, 0.717) is 18.7 Å². The minimum absolute atomic E-state index is 0.0419. The number of carbonyl (C=O) groups excluding carboxylic acids is 3. The van der Waals surface area contributed by atoms with E-state index in [1.807, 2.05) is 13.0 Å². The highest BCUT2D eigenvalue weighted by Gasteiger charge is 2.72. The Bertz CT molecular complexity index is 1280. The van der Waals surface area contributed by atoms with Crippen LogP contribution in [0.2, 0.25) is 0 Å². The van der Waals surface area contributed by atoms with Gasteiger partial charge in [0.25, 0.3) is 6.47 Å². The van der Waals surface area contributed by atoms with Gasteiger partial charge >= 0.3 is 5.97 Å². The molecule has 3 saturated carbocycles. The normalized spacial score (nSPS) is 45.9. The molecule has 8 atom stereocenters. The summed E-state index contributed by atoms with van der Waals surface area (Å²) >= 11 is 0. The van der Waals surface area contributed by atoms with Crippen LogP contribution in [0.5, 0.6) is 0 Å². The molecule has 0 amide bonds. The third kappa shape index (κ3) is 3.16. The molecule has 0 aliphatic heterocycles. The van der Waals surface area contributed by atoms with Crippen LogP contribution in [-0.4, -0.2) is 30.5 Å². The number of esters is 1. The van der Waals surface area contributed by atoms with Gasteiger partial charge < -0.3 is 14.0 Å². The number of nitrogens with zero attached hydrogens (tertiary/aromatic N) is 1. The molecule has 5 aliphatic carbocycles. The number of hydrogen-bond donors (Lipinski definition) is 0. The SMILES string of the molecule is COC(=O)[C@]12CCC(C)(C)C[C@H]1[C@H]1C(=O)C=C3[C@@]4(C)Cc5cnoc5[C@](C)(OC=O)C4CC[C@@]3(C)[C@]1(C)CC2. The van der Waals surface area contributed by atoms with Crippen molar-refractivity contribution < 1.29 is 28.4 Å². The van der Waals surface area contributed by atoms with E-state index in [9.17, 15) is 14.4 Å². The number of ether oxygens (including phenoxy) is 2. The average molecular weight is 538 g/mol. The first kappa shape index (κ1) is 26.8. The topological polar surface area (TPSA) is 95.7 Å². The van der Waals surface area contributed by atoms with E-state index in [-0.39, 0.29) is 45.8 Å². The largest absolute Gasteiger partial charge is 0.469 e. The summed E-state index contributed by atoms with van der Waals surface area (Å²) in [5.41, 5.74) is -0.317. The molecule has 5 aliphatic rings. The highest BCUT2D eigenvalue weighted by atomic mass is 16.6. The van der Waals surface area contributed by atoms with Crippen LogP contribution in [0.1, 0.15) is 97.8 Å². The highest BCUT2D eigenvalue weighted by molar-refractivity contribution is 5.96. The molecule has 0 spiro atoms. The predicted octanol–water partition coefficient (Wildman–Crippen LogP) is 5.95. The lowest BCUT2D eigenvalue weighted by Crippen LogP contribution is -2.66. The second kappa shape index (κ2) is 8.07. The fraction of sp³-hybridized carbons (Fsp3) is 0.750. The molecule has 7 heteroatoms. The maximum Gasteiger partial charge on any atom is 0.312 e. The second-order valence-corrected chi connectivity index (χ2v) is 15.0. The van der Waals surface area contributed by atoms with E-state index >= 15 is 0 Å². The molecule has 1 aromatic rings. The van der Waals surface area contributed by atoms with Crippen LogP contribution in [0.25, 0.3) is 0 Å². The molecule has 1 aromatic heterocycles. The van der Waals surface area contributed by atoms with E-state index in [0.717, 1.165) is 50.5 Å². The summed E-state index contributed by atoms with van der Waals surface area (Å²) in [4.78, 5) is 39.7. The summed E-state index contributed by atoms with van der Waals surface area (Å²) in [7, 11) is 1.49. The number of allylic oxidation sites excluding steroid dienone is 2. The van der Waals surface area contributed by atoms with Crippen LogP contribution >= 0.6 is 0 Å². The Kier molecular flexibility index (Phi) is 5.54. The van der Waals surface area contributed by atoms with Gasteiger partial charge in [0.2, 0.25) is 0 Å². The maximum atomic E-state index is 14.5. The fourth-order valence-electron chi connectivity index (χ4n) is 10.7. The first-order valence-electron chi connectivity index (χ1n) is 14.6. The molecule has 39 heavy (non-hydrogen) atoms. The van der Waals surface area contributed by atoms with Gasteiger partial charge in [0.1, 0.15) is 0 Å². The summed E-state index contributed by atoms with van der Waals surface area (Å²) < 4.78 is 16.9. The van der Waals surface area contributed by atoms with Gasteiger partial charge in [-0.2, -0.15) is 0 Å². The number of rotatable bonds is 3. The van der Waals surface area contributed by atoms with Crippen LogP contribution in [0.3, 0.4) is 0 Å². The van der Waals surface area contributed by atoms with Crippen molar-refractivity contribution in [2.45, 2.75) is 98.5 Å². The van der Waals surface area contributed by atoms with Gasteiger partial charge in [-0.15, -0.1) is 0 Å². The van der Waals surface area contributed by atoms with Gasteiger partial charge in [-0.05, 0) is 86.5 Å². The first-order valence-corrected chi connectivity index (χ1v) is 14.6. The number of fused-ring (bicyclic) bond motifs is 8. The summed E-state index contributed by atoms with van der Waals surface area (Å²) in [6.07, 6.45) is 10.2. The average Bonchev–Trinajstić information content (AvgIpc) is 3.34. The van der Waals surface area contributed by atoms with Gasteiger partial charge in [0.15, 0.2) is 17.1 Å². The molecule has 0 saturated heterocycles. The summed E-state index contributed by atoms with van der Waals surface area (Å²) in [6.45, 7) is 13.9. The smallest absolute Gasteiger partial charge is 0.312 e. The van der Waals surface area contributed by atoms with Crippen molar-refractivity contribution in [1.82, 2.24) is 5.16 Å². The molecule has 1 unspecified atom stereocenters. The zero-order chi connectivity index (χ0) is 28.2.